The number of benzene rings is 6. The standard InChI is InChI=1S/C78H52N6O18S4/c1-43-51(35-79)67(85)83(75(93)99-41-49-29-17-7-18-30-49)69(87)59(43)81-55-33-53-61(103-55)63-57(77(101-53,71(89)95-37-45-21-9-3-10-22-45)72(90)96-38-46-23-11-4-12-24-46)65-66(105-63)58-64(106-65)62-54(102-78(58,73(91)97-39-47-25-13-5-14-26-47)74(92)98-40-48-27-15-6-16-28-48)34-56(104-62)82-60-44(2)52(36-80)68(86)84(70(60)88)76(94)100-42-50-31-19-8-20-32-50/h3-34,67,85H,37-42H2,1-2H3. The second kappa shape index (κ2) is 29.5. The SMILES string of the molecule is CC1=C(C#N)C(=O)N(C(=O)OCc2ccccc2)C(=O)C1=Nc1cc2c(s1)-c1sc3c4c(sc3c1C(C(=O)OCc1ccccc1)(C(=O)OCc1ccccc1)O2)-c1sc(N=C2C(=O)N(C(=O)OCc3ccccc3)C(O)C(C#N)=C2C)cc1OC4(C(=O)OCc1ccccc1)C(=O)OCc1ccccc1. The van der Waals surface area contributed by atoms with Crippen molar-refractivity contribution in [2.24, 2.45) is 9.98 Å². The lowest BCUT2D eigenvalue weighted by Crippen LogP contribution is -2.52. The van der Waals surface area contributed by atoms with Gasteiger partial charge in [0.15, 0.2) is 6.23 Å². The van der Waals surface area contributed by atoms with Crippen molar-refractivity contribution in [3.05, 3.63) is 261 Å². The van der Waals surface area contributed by atoms with E-state index >= 15 is 19.2 Å². The van der Waals surface area contributed by atoms with E-state index in [1.54, 1.807) is 188 Å². The third kappa shape index (κ3) is 13.0. The largest absolute Gasteiger partial charge is 0.458 e. The van der Waals surface area contributed by atoms with Crippen LogP contribution in [0.25, 0.3) is 28.9 Å². The van der Waals surface area contributed by atoms with Crippen LogP contribution in [0, 0.1) is 22.7 Å². The fourth-order valence-electron chi connectivity index (χ4n) is 11.9. The van der Waals surface area contributed by atoms with E-state index in [9.17, 15) is 39.6 Å². The number of thiophene rings is 4. The van der Waals surface area contributed by atoms with Gasteiger partial charge in [0, 0.05) is 17.7 Å². The van der Waals surface area contributed by atoms with Crippen LogP contribution in [0.4, 0.5) is 19.6 Å². The first-order valence-corrected chi connectivity index (χ1v) is 35.5. The van der Waals surface area contributed by atoms with Gasteiger partial charge in [-0.3, -0.25) is 14.4 Å². The van der Waals surface area contributed by atoms with Crippen LogP contribution in [-0.2, 0) is 113 Å². The van der Waals surface area contributed by atoms with E-state index in [1.807, 2.05) is 6.07 Å². The van der Waals surface area contributed by atoms with Gasteiger partial charge >= 0.3 is 47.3 Å². The number of aliphatic imine (C=N–C) groups is 2. The summed E-state index contributed by atoms with van der Waals surface area (Å²) in [6.07, 6.45) is -4.80. The number of hydrogen-bond donors (Lipinski definition) is 1. The van der Waals surface area contributed by atoms with Gasteiger partial charge < -0.3 is 43.0 Å². The number of rotatable bonds is 18. The Morgan fingerprint density at radius 1 is 0.443 bits per heavy atom. The summed E-state index contributed by atoms with van der Waals surface area (Å²) in [5.74, 6) is -9.44. The van der Waals surface area contributed by atoms with Crippen LogP contribution >= 0.6 is 45.3 Å². The molecule has 0 fully saturated rings. The Hall–Kier alpha value is -12.8. The number of carbonyl (C=O) groups is 9. The van der Waals surface area contributed by atoms with Crippen LogP contribution in [0.15, 0.2) is 226 Å². The van der Waals surface area contributed by atoms with Crippen molar-refractivity contribution >= 4 is 130 Å². The van der Waals surface area contributed by atoms with E-state index in [1.165, 1.54) is 26.0 Å². The summed E-state index contributed by atoms with van der Waals surface area (Å²) in [6, 6.07) is 57.1. The van der Waals surface area contributed by atoms with E-state index in [2.05, 4.69) is 4.99 Å². The van der Waals surface area contributed by atoms with Crippen LogP contribution < -0.4 is 9.47 Å². The van der Waals surface area contributed by atoms with Gasteiger partial charge in [0.2, 0.25) is 0 Å². The number of nitriles is 2. The second-order valence-corrected chi connectivity index (χ2v) is 28.0. The van der Waals surface area contributed by atoms with Crippen molar-refractivity contribution in [3.8, 4) is 43.1 Å². The number of ether oxygens (including phenoxy) is 8. The third-order valence-electron chi connectivity index (χ3n) is 17.2. The zero-order chi connectivity index (χ0) is 74.0. The lowest BCUT2D eigenvalue weighted by molar-refractivity contribution is -0.184. The molecule has 0 spiro atoms. The lowest BCUT2D eigenvalue weighted by Gasteiger charge is -2.33. The van der Waals surface area contributed by atoms with Crippen LogP contribution in [0.5, 0.6) is 11.5 Å². The van der Waals surface area contributed by atoms with Gasteiger partial charge in [0.25, 0.3) is 17.7 Å². The maximum atomic E-state index is 16.0. The molecule has 0 saturated carbocycles. The highest BCUT2D eigenvalue weighted by Crippen LogP contribution is 2.65. The first-order valence-electron chi connectivity index (χ1n) is 32.2. The summed E-state index contributed by atoms with van der Waals surface area (Å²) in [7, 11) is 0. The van der Waals surface area contributed by atoms with Crippen molar-refractivity contribution in [3.63, 3.8) is 0 Å². The summed E-state index contributed by atoms with van der Waals surface area (Å²) in [5, 5.41) is 32.1. The van der Waals surface area contributed by atoms with Crippen LogP contribution in [0.1, 0.15) is 58.4 Å². The molecule has 6 aromatic carbocycles. The summed E-state index contributed by atoms with van der Waals surface area (Å²) >= 11 is 3.41. The molecule has 5 amide bonds. The number of hydrogen-bond acceptors (Lipinski definition) is 26. The Morgan fingerprint density at radius 3 is 1.11 bits per heavy atom. The minimum Gasteiger partial charge on any atom is -0.458 e. The van der Waals surface area contributed by atoms with E-state index in [0.29, 0.717) is 38.3 Å². The third-order valence-corrected chi connectivity index (χ3v) is 22.1. The summed E-state index contributed by atoms with van der Waals surface area (Å²) in [5.41, 5.74) is -5.91. The number of esters is 4. The van der Waals surface area contributed by atoms with Crippen molar-refractivity contribution in [1.82, 2.24) is 9.80 Å². The van der Waals surface area contributed by atoms with Crippen molar-refractivity contribution in [2.75, 3.05) is 0 Å². The number of fused-ring (bicyclic) bond motifs is 9. The number of amides is 5. The first-order chi connectivity index (χ1) is 51.4. The van der Waals surface area contributed by atoms with Gasteiger partial charge in [-0.1, -0.05) is 182 Å². The van der Waals surface area contributed by atoms with E-state index < -0.39 is 120 Å². The molecule has 4 aromatic heterocycles. The Bertz CT molecular complexity index is 5370. The minimum absolute atomic E-state index is 0.000605. The molecule has 14 rings (SSSR count). The van der Waals surface area contributed by atoms with Crippen molar-refractivity contribution in [2.45, 2.75) is 70.9 Å². The summed E-state index contributed by atoms with van der Waals surface area (Å²) < 4.78 is 49.4. The molecular formula is C78H52N6O18S4. The molecule has 24 nitrogen and oxygen atoms in total. The average Bonchev–Trinajstić information content (AvgIpc) is 1.51. The number of nitrogens with zero attached hydrogens (tertiary/aromatic N) is 6. The first kappa shape index (κ1) is 70.2. The molecule has 10 aromatic rings. The highest BCUT2D eigenvalue weighted by atomic mass is 32.1. The molecule has 28 heteroatoms. The van der Waals surface area contributed by atoms with Crippen LogP contribution in [-0.4, -0.2) is 86.3 Å². The molecular weight excluding hydrogens is 1440 g/mol. The summed E-state index contributed by atoms with van der Waals surface area (Å²) in [6.45, 7) is 0.219. The second-order valence-electron chi connectivity index (χ2n) is 23.9. The number of aliphatic hydroxyl groups is 1. The Labute approximate surface area is 617 Å². The molecule has 4 aliphatic heterocycles. The molecule has 1 atom stereocenters. The average molecular weight is 1490 g/mol. The van der Waals surface area contributed by atoms with E-state index in [-0.39, 0.29) is 90.8 Å². The molecule has 1 N–H and O–H groups in total. The smallest absolute Gasteiger partial charge is 0.424 e. The molecule has 0 aliphatic carbocycles. The Balaban J connectivity index is 0.986. The van der Waals surface area contributed by atoms with Gasteiger partial charge in [0.05, 0.1) is 51.7 Å². The lowest BCUT2D eigenvalue weighted by atomic mass is 9.88. The topological polar surface area (TPSA) is 326 Å². The van der Waals surface area contributed by atoms with Crippen LogP contribution in [0.2, 0.25) is 0 Å². The van der Waals surface area contributed by atoms with Crippen molar-refractivity contribution < 1.29 is 86.2 Å². The monoisotopic (exact) mass is 1490 g/mol. The molecule has 0 radical (unpaired) electrons. The molecule has 4 aliphatic rings. The van der Waals surface area contributed by atoms with Gasteiger partial charge in [0.1, 0.15) is 84.2 Å². The quantitative estimate of drug-likeness (QED) is 0.0361. The predicted molar refractivity (Wildman–Crippen MR) is 385 cm³/mol. The molecule has 0 bridgehead atoms. The van der Waals surface area contributed by atoms with Crippen molar-refractivity contribution in [1.29, 1.82) is 10.5 Å². The predicted octanol–water partition coefficient (Wildman–Crippen LogP) is 13.6. The maximum absolute atomic E-state index is 16.0. The molecule has 0 saturated heterocycles. The van der Waals surface area contributed by atoms with Gasteiger partial charge in [-0.15, -0.1) is 45.3 Å². The number of carbonyl (C=O) groups excluding carboxylic acids is 9. The Kier molecular flexibility index (Phi) is 19.5. The Morgan fingerprint density at radius 2 is 0.774 bits per heavy atom. The molecule has 106 heavy (non-hydrogen) atoms. The number of aliphatic hydroxyl groups excluding tert-OH is 1. The van der Waals surface area contributed by atoms with E-state index in [4.69, 9.17) is 42.9 Å². The highest BCUT2D eigenvalue weighted by molar-refractivity contribution is 7.35. The fraction of sp³-hybridized carbons (Fsp3) is 0.141. The molecule has 1 unspecified atom stereocenters. The van der Waals surface area contributed by atoms with Gasteiger partial charge in [-0.2, -0.15) is 15.4 Å². The minimum atomic E-state index is -3.01. The molecule has 8 heterocycles. The zero-order valence-electron chi connectivity index (χ0n) is 55.5. The fourth-order valence-corrected chi connectivity index (χ4v) is 17.2. The van der Waals surface area contributed by atoms with Gasteiger partial charge in [-0.05, 0) is 52.8 Å². The van der Waals surface area contributed by atoms with E-state index in [0.717, 1.165) is 45.3 Å². The maximum Gasteiger partial charge on any atom is 0.424 e. The summed E-state index contributed by atoms with van der Waals surface area (Å²) in [4.78, 5) is 145. The number of imide groups is 4. The highest BCUT2D eigenvalue weighted by Gasteiger charge is 2.64. The van der Waals surface area contributed by atoms with Crippen LogP contribution in [0.3, 0.4) is 0 Å². The zero-order valence-corrected chi connectivity index (χ0v) is 58.8. The molecule has 526 valence electrons. The normalized spacial score (nSPS) is 16.1. The van der Waals surface area contributed by atoms with Gasteiger partial charge in [-0.25, -0.2) is 43.7 Å².